The molecule has 0 spiro atoms. The van der Waals surface area contributed by atoms with Gasteiger partial charge in [-0.3, -0.25) is 4.31 Å². The smallest absolute Gasteiger partial charge is 0.266 e. The van der Waals surface area contributed by atoms with Gasteiger partial charge in [0.2, 0.25) is 5.95 Å². The number of nitrogens with zero attached hydrogens (tertiary/aromatic N) is 4. The molecule has 0 bridgehead atoms. The fourth-order valence-corrected chi connectivity index (χ4v) is 4.86. The standard InChI is InChI=1S/C19H20ClN5O2S/c1-24(28(26,27)17-9-5-3-7-15(17)20)18-14-6-2-4-8-16(14)22-19(23-18)25-12-10-21-11-13-25/h2-9,21H,10-13H2,1H3. The number of piperazine rings is 1. The number of para-hydroxylation sites is 1. The van der Waals surface area contributed by atoms with Crippen LogP contribution < -0.4 is 14.5 Å². The molecule has 1 aromatic heterocycles. The summed E-state index contributed by atoms with van der Waals surface area (Å²) in [6.45, 7) is 3.19. The van der Waals surface area contributed by atoms with Gasteiger partial charge in [0, 0.05) is 38.6 Å². The van der Waals surface area contributed by atoms with E-state index in [4.69, 9.17) is 11.6 Å². The van der Waals surface area contributed by atoms with Gasteiger partial charge >= 0.3 is 0 Å². The average Bonchev–Trinajstić information content (AvgIpc) is 2.73. The third kappa shape index (κ3) is 3.39. The Labute approximate surface area is 169 Å². The molecule has 0 aliphatic carbocycles. The number of sulfonamides is 1. The molecule has 1 saturated heterocycles. The summed E-state index contributed by atoms with van der Waals surface area (Å²) in [5.74, 6) is 0.857. The topological polar surface area (TPSA) is 78.4 Å². The van der Waals surface area contributed by atoms with E-state index in [-0.39, 0.29) is 9.92 Å². The predicted molar refractivity (Wildman–Crippen MR) is 112 cm³/mol. The molecule has 0 amide bonds. The lowest BCUT2D eigenvalue weighted by Crippen LogP contribution is -2.44. The van der Waals surface area contributed by atoms with Crippen LogP contribution in [0.5, 0.6) is 0 Å². The molecular weight excluding hydrogens is 398 g/mol. The molecule has 2 heterocycles. The predicted octanol–water partition coefficient (Wildman–Crippen LogP) is 2.52. The van der Waals surface area contributed by atoms with Gasteiger partial charge in [0.05, 0.1) is 10.5 Å². The van der Waals surface area contributed by atoms with Crippen molar-refractivity contribution in [2.45, 2.75) is 4.90 Å². The first-order chi connectivity index (χ1) is 13.5. The van der Waals surface area contributed by atoms with Crippen LogP contribution in [0.25, 0.3) is 10.9 Å². The molecule has 0 radical (unpaired) electrons. The van der Waals surface area contributed by atoms with Gasteiger partial charge < -0.3 is 10.2 Å². The Morgan fingerprint density at radius 3 is 2.46 bits per heavy atom. The van der Waals surface area contributed by atoms with Gasteiger partial charge in [-0.1, -0.05) is 35.9 Å². The lowest BCUT2D eigenvalue weighted by atomic mass is 10.2. The van der Waals surface area contributed by atoms with Crippen molar-refractivity contribution in [1.82, 2.24) is 15.3 Å². The fraction of sp³-hybridized carbons (Fsp3) is 0.263. The molecule has 4 rings (SSSR count). The molecular formula is C19H20ClN5O2S. The van der Waals surface area contributed by atoms with Crippen LogP contribution in [-0.4, -0.2) is 51.6 Å². The number of halogens is 1. The molecule has 9 heteroatoms. The molecule has 0 atom stereocenters. The second kappa shape index (κ2) is 7.54. The van der Waals surface area contributed by atoms with Crippen LogP contribution in [0.1, 0.15) is 0 Å². The molecule has 0 unspecified atom stereocenters. The minimum absolute atomic E-state index is 0.0468. The number of aromatic nitrogens is 2. The Bertz CT molecular complexity index is 1120. The van der Waals surface area contributed by atoms with Crippen LogP contribution in [0.15, 0.2) is 53.4 Å². The zero-order valence-corrected chi connectivity index (χ0v) is 16.9. The van der Waals surface area contributed by atoms with Crippen molar-refractivity contribution in [2.24, 2.45) is 0 Å². The molecule has 7 nitrogen and oxygen atoms in total. The zero-order chi connectivity index (χ0) is 19.7. The first kappa shape index (κ1) is 18.9. The summed E-state index contributed by atoms with van der Waals surface area (Å²) < 4.78 is 27.7. The summed E-state index contributed by atoms with van der Waals surface area (Å²) in [4.78, 5) is 11.4. The Hall–Kier alpha value is -2.42. The van der Waals surface area contributed by atoms with E-state index in [2.05, 4.69) is 20.2 Å². The van der Waals surface area contributed by atoms with Crippen molar-refractivity contribution in [2.75, 3.05) is 42.4 Å². The number of rotatable bonds is 4. The maximum absolute atomic E-state index is 13.2. The number of anilines is 2. The Morgan fingerprint density at radius 2 is 1.71 bits per heavy atom. The zero-order valence-electron chi connectivity index (χ0n) is 15.3. The minimum Gasteiger partial charge on any atom is -0.338 e. The van der Waals surface area contributed by atoms with Crippen LogP contribution in [0.4, 0.5) is 11.8 Å². The molecule has 2 aromatic carbocycles. The summed E-state index contributed by atoms with van der Waals surface area (Å²) >= 11 is 6.16. The van der Waals surface area contributed by atoms with Crippen LogP contribution in [-0.2, 0) is 10.0 Å². The third-order valence-corrected chi connectivity index (χ3v) is 6.99. The lowest BCUT2D eigenvalue weighted by molar-refractivity contribution is 0.580. The summed E-state index contributed by atoms with van der Waals surface area (Å²) in [6.07, 6.45) is 0. The van der Waals surface area contributed by atoms with E-state index in [9.17, 15) is 8.42 Å². The molecule has 1 aliphatic heterocycles. The molecule has 1 aliphatic rings. The third-order valence-electron chi connectivity index (χ3n) is 4.74. The molecule has 28 heavy (non-hydrogen) atoms. The van der Waals surface area contributed by atoms with Gasteiger partial charge in [-0.15, -0.1) is 0 Å². The van der Waals surface area contributed by atoms with E-state index < -0.39 is 10.0 Å². The number of nitrogens with one attached hydrogen (secondary N) is 1. The molecule has 1 fully saturated rings. The maximum Gasteiger partial charge on any atom is 0.266 e. The van der Waals surface area contributed by atoms with E-state index in [0.29, 0.717) is 22.7 Å². The van der Waals surface area contributed by atoms with Crippen LogP contribution in [0, 0.1) is 0 Å². The fourth-order valence-electron chi connectivity index (χ4n) is 3.21. The molecule has 1 N–H and O–H groups in total. The van der Waals surface area contributed by atoms with E-state index >= 15 is 0 Å². The summed E-state index contributed by atoms with van der Waals surface area (Å²) in [5, 5.41) is 4.13. The first-order valence-electron chi connectivity index (χ1n) is 8.94. The molecule has 3 aromatic rings. The number of fused-ring (bicyclic) bond motifs is 1. The van der Waals surface area contributed by atoms with Gasteiger partial charge in [-0.2, -0.15) is 4.98 Å². The maximum atomic E-state index is 13.2. The van der Waals surface area contributed by atoms with Crippen molar-refractivity contribution in [3.05, 3.63) is 53.6 Å². The van der Waals surface area contributed by atoms with Crippen LogP contribution in [0.2, 0.25) is 5.02 Å². The number of hydrogen-bond acceptors (Lipinski definition) is 6. The average molecular weight is 418 g/mol. The van der Waals surface area contributed by atoms with Gasteiger partial charge in [0.1, 0.15) is 4.90 Å². The monoisotopic (exact) mass is 417 g/mol. The molecule has 0 saturated carbocycles. The second-order valence-corrected chi connectivity index (χ2v) is 8.85. The number of benzene rings is 2. The Kier molecular flexibility index (Phi) is 5.09. The van der Waals surface area contributed by atoms with Gasteiger partial charge in [0.25, 0.3) is 10.0 Å². The molecule has 146 valence electrons. The summed E-state index contributed by atoms with van der Waals surface area (Å²) in [5.41, 5.74) is 0.697. The van der Waals surface area contributed by atoms with Crippen LogP contribution >= 0.6 is 11.6 Å². The van der Waals surface area contributed by atoms with Gasteiger partial charge in [0.15, 0.2) is 5.82 Å². The summed E-state index contributed by atoms with van der Waals surface area (Å²) in [7, 11) is -2.39. The quantitative estimate of drug-likeness (QED) is 0.702. The first-order valence-corrected chi connectivity index (χ1v) is 10.8. The Morgan fingerprint density at radius 1 is 1.04 bits per heavy atom. The van der Waals surface area contributed by atoms with Crippen LogP contribution in [0.3, 0.4) is 0 Å². The van der Waals surface area contributed by atoms with Gasteiger partial charge in [-0.25, -0.2) is 13.4 Å². The van der Waals surface area contributed by atoms with E-state index in [1.165, 1.54) is 17.4 Å². The minimum atomic E-state index is -3.88. The van der Waals surface area contributed by atoms with E-state index in [1.807, 2.05) is 24.3 Å². The number of hydrogen-bond donors (Lipinski definition) is 1. The van der Waals surface area contributed by atoms with Crippen molar-refractivity contribution in [3.63, 3.8) is 0 Å². The Balaban J connectivity index is 1.86. The van der Waals surface area contributed by atoms with E-state index in [0.717, 1.165) is 26.2 Å². The van der Waals surface area contributed by atoms with Crippen molar-refractivity contribution >= 4 is 44.3 Å². The highest BCUT2D eigenvalue weighted by Gasteiger charge is 2.27. The van der Waals surface area contributed by atoms with Crippen molar-refractivity contribution in [1.29, 1.82) is 0 Å². The lowest BCUT2D eigenvalue weighted by Gasteiger charge is -2.29. The van der Waals surface area contributed by atoms with E-state index in [1.54, 1.807) is 18.2 Å². The highest BCUT2D eigenvalue weighted by atomic mass is 35.5. The van der Waals surface area contributed by atoms with Crippen molar-refractivity contribution < 1.29 is 8.42 Å². The highest BCUT2D eigenvalue weighted by molar-refractivity contribution is 7.93. The normalized spacial score (nSPS) is 15.0. The highest BCUT2D eigenvalue weighted by Crippen LogP contribution is 2.31. The largest absolute Gasteiger partial charge is 0.338 e. The van der Waals surface area contributed by atoms with Gasteiger partial charge in [-0.05, 0) is 24.3 Å². The second-order valence-electron chi connectivity index (χ2n) is 6.50. The summed E-state index contributed by atoms with van der Waals surface area (Å²) in [6, 6.07) is 13.8. The van der Waals surface area contributed by atoms with Crippen molar-refractivity contribution in [3.8, 4) is 0 Å². The SMILES string of the molecule is CN(c1nc(N2CCNCC2)nc2ccccc12)S(=O)(=O)c1ccccc1Cl.